The second-order valence-electron chi connectivity index (χ2n) is 0.798. The molecule has 0 fully saturated rings. The van der Waals surface area contributed by atoms with Crippen LogP contribution >= 0.6 is 41.7 Å². The van der Waals surface area contributed by atoms with Crippen molar-refractivity contribution < 1.29 is 0 Å². The average Bonchev–Trinajstić information content (AvgIpc) is 1.69. The summed E-state index contributed by atoms with van der Waals surface area (Å²) in [7, 11) is 2.31. The molecule has 0 aliphatic heterocycles. The molecular formula is H3BrN3P3. The predicted octanol–water partition coefficient (Wildman–Crippen LogP) is 2.14. The Labute approximate surface area is 54.2 Å². The lowest BCUT2D eigenvalue weighted by Crippen LogP contribution is -1.60. The number of nitrogens with zero attached hydrogens (tertiary/aromatic N) is 2. The zero-order valence-electron chi connectivity index (χ0n) is 3.22. The highest BCUT2D eigenvalue weighted by atomic mass is 79.9. The second kappa shape index (κ2) is 2.94. The summed E-state index contributed by atoms with van der Waals surface area (Å²) in [6.45, 7) is 0. The first-order valence-electron chi connectivity index (χ1n) is 1.52. The Morgan fingerprint density at radius 3 is 3.00 bits per heavy atom. The quantitative estimate of drug-likeness (QED) is 0.710. The van der Waals surface area contributed by atoms with Crippen LogP contribution in [0.5, 0.6) is 0 Å². The van der Waals surface area contributed by atoms with Gasteiger partial charge in [0.15, 0.2) is 8.51 Å². The lowest BCUT2D eigenvalue weighted by atomic mass is 13.8. The Hall–Kier alpha value is 0.780. The largest absolute Gasteiger partial charge is 0.312 e. The molecule has 1 aromatic heterocycles. The van der Waals surface area contributed by atoms with E-state index < -0.39 is 0 Å². The molecule has 0 radical (unpaired) electrons. The molecule has 40 valence electrons. The summed E-state index contributed by atoms with van der Waals surface area (Å²) in [6, 6.07) is 0. The van der Waals surface area contributed by atoms with Gasteiger partial charge in [-0.1, -0.05) is 0 Å². The van der Waals surface area contributed by atoms with Crippen LogP contribution in [0.25, 0.3) is 0 Å². The molecule has 3 nitrogen and oxygen atoms in total. The van der Waals surface area contributed by atoms with Gasteiger partial charge in [-0.2, -0.15) is 4.51 Å². The molecule has 1 N–H and O–H groups in total. The van der Waals surface area contributed by atoms with Gasteiger partial charge in [0, 0.05) is 17.0 Å². The fourth-order valence-corrected chi connectivity index (χ4v) is 4.36. The van der Waals surface area contributed by atoms with Crippen molar-refractivity contribution in [2.75, 3.05) is 0 Å². The minimum absolute atomic E-state index is 0.591. The minimum atomic E-state index is 0.591. The van der Waals surface area contributed by atoms with Gasteiger partial charge in [0.1, 0.15) is 0 Å². The molecule has 0 amide bonds. The van der Waals surface area contributed by atoms with E-state index in [0.717, 1.165) is 8.51 Å². The summed E-state index contributed by atoms with van der Waals surface area (Å²) in [6.07, 6.45) is 0. The van der Waals surface area contributed by atoms with Crippen LogP contribution in [0, 0.1) is 0 Å². The molecule has 1 aromatic rings. The third kappa shape index (κ3) is 2.01. The summed E-state index contributed by atoms with van der Waals surface area (Å²) in [4.78, 5) is 0. The van der Waals surface area contributed by atoms with E-state index in [1.54, 1.807) is 0 Å². The van der Waals surface area contributed by atoms with Crippen molar-refractivity contribution in [3.8, 4) is 0 Å². The van der Waals surface area contributed by atoms with Crippen molar-refractivity contribution >= 4 is 41.7 Å². The summed E-state index contributed by atoms with van der Waals surface area (Å²) < 4.78 is 9.06. The van der Waals surface area contributed by atoms with Crippen LogP contribution in [0.3, 0.4) is 0 Å². The number of nitrogens with one attached hydrogen (secondary N) is 1. The maximum Gasteiger partial charge on any atom is 0.152 e. The van der Waals surface area contributed by atoms with Gasteiger partial charge in [0.2, 0.25) is 0 Å². The van der Waals surface area contributed by atoms with Crippen LogP contribution < -0.4 is 0 Å². The fourth-order valence-electron chi connectivity index (χ4n) is 0.180. The van der Waals surface area contributed by atoms with E-state index >= 15 is 0 Å². The van der Waals surface area contributed by atoms with Gasteiger partial charge in [-0.25, -0.2) is 3.12 Å². The molecule has 0 spiro atoms. The van der Waals surface area contributed by atoms with E-state index in [9.17, 15) is 0 Å². The highest BCUT2D eigenvalue weighted by Crippen LogP contribution is 2.13. The van der Waals surface area contributed by atoms with Crippen LogP contribution in [-0.4, -0.2) is 12.1 Å². The van der Waals surface area contributed by atoms with Gasteiger partial charge in [0.25, 0.3) is 0 Å². The molecule has 0 aliphatic rings. The zero-order valence-corrected chi connectivity index (χ0v) is 7.70. The molecule has 0 saturated carbocycles. The molecule has 7 heavy (non-hydrogen) atoms. The van der Waals surface area contributed by atoms with Gasteiger partial charge >= 0.3 is 0 Å². The lowest BCUT2D eigenvalue weighted by Gasteiger charge is -1.85. The van der Waals surface area contributed by atoms with E-state index in [4.69, 9.17) is 0 Å². The Kier molecular flexibility index (Phi) is 2.48. The number of rotatable bonds is 0. The number of aromatic nitrogens is 3. The molecule has 1 rings (SSSR count). The second-order valence-corrected chi connectivity index (χ2v) is 6.36. The summed E-state index contributed by atoms with van der Waals surface area (Å²) >= 11 is 3.27. The summed E-state index contributed by atoms with van der Waals surface area (Å²) in [5, 5.41) is 0. The van der Waals surface area contributed by atoms with Crippen molar-refractivity contribution in [3.63, 3.8) is 0 Å². The number of hydrogen-bond acceptors (Lipinski definition) is 1. The van der Waals surface area contributed by atoms with Crippen molar-refractivity contribution in [2.24, 2.45) is 0 Å². The molecule has 0 saturated heterocycles. The first-order chi connectivity index (χ1) is 3.39. The molecular weight excluding hydrogens is 215 g/mol. The molecule has 1 heterocycles. The van der Waals surface area contributed by atoms with Crippen LogP contribution in [-0.2, 0) is 0 Å². The zero-order chi connectivity index (χ0) is 5.11. The number of aromatic amines is 1. The van der Waals surface area contributed by atoms with E-state index in [2.05, 4.69) is 25.2 Å². The Morgan fingerprint density at radius 1 is 1.86 bits per heavy atom. The lowest BCUT2D eigenvalue weighted by molar-refractivity contribution is 1.64. The molecule has 0 aliphatic carbocycles. The van der Waals surface area contributed by atoms with Crippen LogP contribution in [0.1, 0.15) is 0 Å². The summed E-state index contributed by atoms with van der Waals surface area (Å²) in [5.74, 6) is 0. The van der Waals surface area contributed by atoms with Gasteiger partial charge in [-0.3, -0.25) is 0 Å². The topological polar surface area (TPSA) is 33.6 Å². The SMILES string of the molecule is Brn1pn[pH][nH][pH]1. The highest BCUT2D eigenvalue weighted by Gasteiger charge is 1.70. The van der Waals surface area contributed by atoms with Crippen molar-refractivity contribution in [1.29, 1.82) is 0 Å². The Bertz CT molecular complexity index is 140. The molecule has 0 bridgehead atoms. The Morgan fingerprint density at radius 2 is 2.71 bits per heavy atom. The maximum absolute atomic E-state index is 4.03. The molecule has 0 aromatic carbocycles. The average molecular weight is 218 g/mol. The van der Waals surface area contributed by atoms with E-state index in [1.807, 2.05) is 3.12 Å². The number of H-pyrrole nitrogens is 1. The van der Waals surface area contributed by atoms with E-state index in [-0.39, 0.29) is 0 Å². The Balaban J connectivity index is 3.02. The minimum Gasteiger partial charge on any atom is -0.312 e. The summed E-state index contributed by atoms with van der Waals surface area (Å²) in [5.41, 5.74) is 0. The molecule has 7 heteroatoms. The van der Waals surface area contributed by atoms with Gasteiger partial charge in [-0.05, 0) is 0 Å². The van der Waals surface area contributed by atoms with Crippen LogP contribution in [0.4, 0.5) is 0 Å². The predicted molar refractivity (Wildman–Crippen MR) is 40.0 cm³/mol. The fraction of sp³-hybridized carbons (Fsp3) is 0. The third-order valence-corrected chi connectivity index (χ3v) is 3.90. The standard InChI is InChI=1S/BrH3N3P3/c1-4-6-2-5-3-7-4/h2,5-6H. The van der Waals surface area contributed by atoms with Crippen LogP contribution in [0.15, 0.2) is 0 Å². The van der Waals surface area contributed by atoms with Crippen molar-refractivity contribution in [2.45, 2.75) is 0 Å². The maximum atomic E-state index is 4.03. The first kappa shape index (κ1) is 5.91. The number of halogens is 1. The van der Waals surface area contributed by atoms with Gasteiger partial charge in [-0.15, -0.1) is 0 Å². The number of hydrogen-bond donors (Lipinski definition) is 1. The van der Waals surface area contributed by atoms with Gasteiger partial charge < -0.3 is 4.51 Å². The van der Waals surface area contributed by atoms with Crippen molar-refractivity contribution in [1.82, 2.24) is 12.1 Å². The first-order valence-corrected chi connectivity index (χ1v) is 4.92. The third-order valence-electron chi connectivity index (χ3n) is 0.377. The molecule has 2 atom stereocenters. The van der Waals surface area contributed by atoms with Gasteiger partial charge in [0.05, 0.1) is 16.1 Å². The smallest absolute Gasteiger partial charge is 0.152 e. The normalized spacial score (nSPS) is 12.1. The highest BCUT2D eigenvalue weighted by molar-refractivity contribution is 9.09. The van der Waals surface area contributed by atoms with E-state index in [1.165, 1.54) is 0 Å². The van der Waals surface area contributed by atoms with E-state index in [0.29, 0.717) is 17.0 Å². The van der Waals surface area contributed by atoms with Crippen LogP contribution in [0.2, 0.25) is 0 Å². The monoisotopic (exact) mass is 217 g/mol. The van der Waals surface area contributed by atoms with Crippen molar-refractivity contribution in [3.05, 3.63) is 0 Å². The molecule has 2 unspecified atom stereocenters.